The van der Waals surface area contributed by atoms with Crippen molar-refractivity contribution in [1.82, 2.24) is 15.5 Å². The average Bonchev–Trinajstić information content (AvgIpc) is 2.90. The van der Waals surface area contributed by atoms with Crippen LogP contribution >= 0.6 is 23.4 Å². The Kier molecular flexibility index (Phi) is 4.60. The van der Waals surface area contributed by atoms with Gasteiger partial charge in [-0.1, -0.05) is 28.9 Å². The number of halogens is 1. The first-order valence-electron chi connectivity index (χ1n) is 6.66. The standard InChI is InChI=1S/C14H16ClN3OS/c15-11-3-1-10(2-4-11)7-13-17-14(19-18-13)8-12-9-20-6-5-16-12/h1-4,12,16H,5-9H2. The van der Waals surface area contributed by atoms with Crippen LogP contribution in [0.3, 0.4) is 0 Å². The molecule has 6 heteroatoms. The second kappa shape index (κ2) is 6.61. The summed E-state index contributed by atoms with van der Waals surface area (Å²) in [6, 6.07) is 8.16. The first kappa shape index (κ1) is 13.9. The molecule has 3 rings (SSSR count). The van der Waals surface area contributed by atoms with Gasteiger partial charge < -0.3 is 9.84 Å². The maximum Gasteiger partial charge on any atom is 0.228 e. The number of nitrogens with one attached hydrogen (secondary N) is 1. The zero-order valence-electron chi connectivity index (χ0n) is 11.0. The van der Waals surface area contributed by atoms with E-state index in [2.05, 4.69) is 15.5 Å². The van der Waals surface area contributed by atoms with Gasteiger partial charge in [0.15, 0.2) is 5.82 Å². The Hall–Kier alpha value is -1.04. The summed E-state index contributed by atoms with van der Waals surface area (Å²) in [7, 11) is 0. The van der Waals surface area contributed by atoms with Crippen molar-refractivity contribution >= 4 is 23.4 Å². The lowest BCUT2D eigenvalue weighted by Crippen LogP contribution is -2.38. The first-order valence-corrected chi connectivity index (χ1v) is 8.20. The van der Waals surface area contributed by atoms with Crippen LogP contribution in [0.4, 0.5) is 0 Å². The molecule has 1 atom stereocenters. The zero-order valence-corrected chi connectivity index (χ0v) is 12.6. The van der Waals surface area contributed by atoms with Gasteiger partial charge in [0.25, 0.3) is 0 Å². The third-order valence-corrected chi connectivity index (χ3v) is 4.59. The summed E-state index contributed by atoms with van der Waals surface area (Å²) in [5.74, 6) is 3.73. The number of aromatic nitrogens is 2. The van der Waals surface area contributed by atoms with Gasteiger partial charge in [-0.2, -0.15) is 16.7 Å². The van der Waals surface area contributed by atoms with E-state index in [0.717, 1.165) is 35.1 Å². The monoisotopic (exact) mass is 309 g/mol. The third-order valence-electron chi connectivity index (χ3n) is 3.21. The van der Waals surface area contributed by atoms with E-state index in [-0.39, 0.29) is 0 Å². The maximum atomic E-state index is 5.87. The molecule has 1 aliphatic rings. The Labute approximate surface area is 127 Å². The van der Waals surface area contributed by atoms with Crippen LogP contribution in [0.5, 0.6) is 0 Å². The van der Waals surface area contributed by atoms with Gasteiger partial charge in [-0.3, -0.25) is 0 Å². The van der Waals surface area contributed by atoms with Crippen LogP contribution in [0, 0.1) is 0 Å². The minimum Gasteiger partial charge on any atom is -0.339 e. The van der Waals surface area contributed by atoms with Crippen molar-refractivity contribution in [3.05, 3.63) is 46.6 Å². The topological polar surface area (TPSA) is 51.0 Å². The van der Waals surface area contributed by atoms with E-state index in [1.165, 1.54) is 5.75 Å². The lowest BCUT2D eigenvalue weighted by Gasteiger charge is -2.21. The highest BCUT2D eigenvalue weighted by molar-refractivity contribution is 7.99. The third kappa shape index (κ3) is 3.75. The number of benzene rings is 1. The summed E-state index contributed by atoms with van der Waals surface area (Å²) in [6.07, 6.45) is 1.48. The zero-order chi connectivity index (χ0) is 13.8. The molecule has 1 fully saturated rings. The van der Waals surface area contributed by atoms with Crippen LogP contribution in [-0.4, -0.2) is 34.2 Å². The van der Waals surface area contributed by atoms with Crippen LogP contribution in [0.25, 0.3) is 0 Å². The highest BCUT2D eigenvalue weighted by Crippen LogP contribution is 2.14. The molecule has 1 aliphatic heterocycles. The molecular weight excluding hydrogens is 294 g/mol. The Morgan fingerprint density at radius 3 is 2.95 bits per heavy atom. The van der Waals surface area contributed by atoms with Crippen molar-refractivity contribution in [3.63, 3.8) is 0 Å². The van der Waals surface area contributed by atoms with Crippen molar-refractivity contribution in [2.75, 3.05) is 18.1 Å². The predicted octanol–water partition coefficient (Wildman–Crippen LogP) is 2.56. The largest absolute Gasteiger partial charge is 0.339 e. The number of nitrogens with zero attached hydrogens (tertiary/aromatic N) is 2. The fourth-order valence-corrected chi connectivity index (χ4v) is 3.27. The second-order valence-electron chi connectivity index (χ2n) is 4.84. The van der Waals surface area contributed by atoms with Crippen LogP contribution in [0.15, 0.2) is 28.8 Å². The Balaban J connectivity index is 1.60. The highest BCUT2D eigenvalue weighted by atomic mass is 35.5. The van der Waals surface area contributed by atoms with Gasteiger partial charge in [0.05, 0.1) is 0 Å². The maximum absolute atomic E-state index is 5.87. The fraction of sp³-hybridized carbons (Fsp3) is 0.429. The minimum absolute atomic E-state index is 0.442. The van der Waals surface area contributed by atoms with Crippen molar-refractivity contribution < 1.29 is 4.52 Å². The van der Waals surface area contributed by atoms with Crippen molar-refractivity contribution in [2.24, 2.45) is 0 Å². The molecule has 1 N–H and O–H groups in total. The van der Waals surface area contributed by atoms with E-state index in [0.29, 0.717) is 18.4 Å². The van der Waals surface area contributed by atoms with Gasteiger partial charge >= 0.3 is 0 Å². The highest BCUT2D eigenvalue weighted by Gasteiger charge is 2.17. The number of hydrogen-bond donors (Lipinski definition) is 1. The number of rotatable bonds is 4. The van der Waals surface area contributed by atoms with Crippen molar-refractivity contribution in [1.29, 1.82) is 0 Å². The number of thioether (sulfide) groups is 1. The number of hydrogen-bond acceptors (Lipinski definition) is 5. The lowest BCUT2D eigenvalue weighted by molar-refractivity contribution is 0.359. The lowest BCUT2D eigenvalue weighted by atomic mass is 10.1. The summed E-state index contributed by atoms with van der Waals surface area (Å²) in [5, 5.41) is 8.25. The van der Waals surface area contributed by atoms with Crippen LogP contribution in [0.2, 0.25) is 5.02 Å². The van der Waals surface area contributed by atoms with Gasteiger partial charge in [0, 0.05) is 42.0 Å². The second-order valence-corrected chi connectivity index (χ2v) is 6.42. The molecule has 2 aromatic rings. The summed E-state index contributed by atoms with van der Waals surface area (Å²) < 4.78 is 5.33. The van der Waals surface area contributed by atoms with E-state index in [1.54, 1.807) is 0 Å². The Morgan fingerprint density at radius 1 is 1.35 bits per heavy atom. The summed E-state index contributed by atoms with van der Waals surface area (Å²) in [6.45, 7) is 1.06. The molecule has 1 unspecified atom stereocenters. The predicted molar refractivity (Wildman–Crippen MR) is 81.4 cm³/mol. The van der Waals surface area contributed by atoms with Gasteiger partial charge in [-0.05, 0) is 17.7 Å². The molecule has 4 nitrogen and oxygen atoms in total. The van der Waals surface area contributed by atoms with Crippen LogP contribution in [0.1, 0.15) is 17.3 Å². The minimum atomic E-state index is 0.442. The molecule has 0 radical (unpaired) electrons. The molecule has 106 valence electrons. The van der Waals surface area contributed by atoms with Gasteiger partial charge in [-0.25, -0.2) is 0 Å². The smallest absolute Gasteiger partial charge is 0.228 e. The van der Waals surface area contributed by atoms with E-state index < -0.39 is 0 Å². The van der Waals surface area contributed by atoms with E-state index in [4.69, 9.17) is 16.1 Å². The molecule has 0 bridgehead atoms. The molecule has 1 aromatic carbocycles. The van der Waals surface area contributed by atoms with E-state index >= 15 is 0 Å². The molecule has 0 aliphatic carbocycles. The molecule has 0 saturated carbocycles. The molecule has 2 heterocycles. The molecule has 1 aromatic heterocycles. The SMILES string of the molecule is Clc1ccc(Cc2noc(CC3CSCCN3)n2)cc1. The molecule has 20 heavy (non-hydrogen) atoms. The Bertz CT molecular complexity index is 552. The summed E-state index contributed by atoms with van der Waals surface area (Å²) in [4.78, 5) is 4.46. The molecular formula is C14H16ClN3OS. The van der Waals surface area contributed by atoms with Crippen LogP contribution < -0.4 is 5.32 Å². The molecule has 0 amide bonds. The van der Waals surface area contributed by atoms with Gasteiger partial charge in [0.2, 0.25) is 5.89 Å². The normalized spacial score (nSPS) is 19.1. The average molecular weight is 310 g/mol. The summed E-state index contributed by atoms with van der Waals surface area (Å²) >= 11 is 7.84. The van der Waals surface area contributed by atoms with Crippen molar-refractivity contribution in [3.8, 4) is 0 Å². The fourth-order valence-electron chi connectivity index (χ4n) is 2.19. The van der Waals surface area contributed by atoms with Gasteiger partial charge in [0.1, 0.15) is 0 Å². The van der Waals surface area contributed by atoms with E-state index in [1.807, 2.05) is 36.0 Å². The summed E-state index contributed by atoms with van der Waals surface area (Å²) in [5.41, 5.74) is 1.13. The van der Waals surface area contributed by atoms with Gasteiger partial charge in [-0.15, -0.1) is 0 Å². The van der Waals surface area contributed by atoms with E-state index in [9.17, 15) is 0 Å². The van der Waals surface area contributed by atoms with Crippen molar-refractivity contribution in [2.45, 2.75) is 18.9 Å². The molecule has 1 saturated heterocycles. The quantitative estimate of drug-likeness (QED) is 0.940. The Morgan fingerprint density at radius 2 is 2.20 bits per heavy atom. The molecule has 0 spiro atoms. The van der Waals surface area contributed by atoms with Crippen LogP contribution in [-0.2, 0) is 12.8 Å². The first-order chi connectivity index (χ1) is 9.79.